The van der Waals surface area contributed by atoms with E-state index in [1.54, 1.807) is 16.7 Å². The van der Waals surface area contributed by atoms with Crippen molar-refractivity contribution in [3.8, 4) is 5.75 Å². The van der Waals surface area contributed by atoms with Crippen LogP contribution in [0.2, 0.25) is 0 Å². The number of benzene rings is 1. The van der Waals surface area contributed by atoms with Gasteiger partial charge in [0.2, 0.25) is 0 Å². The van der Waals surface area contributed by atoms with Crippen molar-refractivity contribution < 1.29 is 9.53 Å². The topological polar surface area (TPSA) is 47.4 Å². The number of rotatable bonds is 4. The Morgan fingerprint density at radius 1 is 1.33 bits per heavy atom. The zero-order chi connectivity index (χ0) is 17.1. The lowest BCUT2D eigenvalue weighted by atomic mass is 10.2. The van der Waals surface area contributed by atoms with Crippen LogP contribution in [0.15, 0.2) is 35.4 Å². The van der Waals surface area contributed by atoms with Crippen LogP contribution in [0.3, 0.4) is 0 Å². The molecule has 24 heavy (non-hydrogen) atoms. The maximum Gasteiger partial charge on any atom is 0.265 e. The molecule has 0 aliphatic carbocycles. The molecule has 5 nitrogen and oxygen atoms in total. The molecule has 3 rings (SSSR count). The number of nitrogens with zero attached hydrogens (tertiary/aromatic N) is 3. The lowest BCUT2D eigenvalue weighted by molar-refractivity contribution is -0.130. The van der Waals surface area contributed by atoms with Gasteiger partial charge in [-0.25, -0.2) is 0 Å². The van der Waals surface area contributed by atoms with E-state index in [2.05, 4.69) is 11.2 Å². The molecule has 1 aliphatic heterocycles. The van der Waals surface area contributed by atoms with E-state index >= 15 is 0 Å². The van der Waals surface area contributed by atoms with Crippen molar-refractivity contribution >= 4 is 23.7 Å². The third-order valence-electron chi connectivity index (χ3n) is 4.07. The molecule has 1 aromatic carbocycles. The Morgan fingerprint density at radius 2 is 2.08 bits per heavy atom. The first-order chi connectivity index (χ1) is 11.6. The predicted octanol–water partition coefficient (Wildman–Crippen LogP) is 2.99. The van der Waals surface area contributed by atoms with Gasteiger partial charge in [0.1, 0.15) is 5.75 Å². The zero-order valence-electron chi connectivity index (χ0n) is 14.2. The molecular formula is C18H21N3O2S. The van der Waals surface area contributed by atoms with E-state index < -0.39 is 0 Å². The number of aryl methyl sites for hydroxylation is 2. The monoisotopic (exact) mass is 343 g/mol. The Kier molecular flexibility index (Phi) is 4.94. The predicted molar refractivity (Wildman–Crippen MR) is 96.8 cm³/mol. The summed E-state index contributed by atoms with van der Waals surface area (Å²) in [4.78, 5) is 14.3. The highest BCUT2D eigenvalue weighted by Crippen LogP contribution is 2.31. The second-order valence-electron chi connectivity index (χ2n) is 5.69. The summed E-state index contributed by atoms with van der Waals surface area (Å²) in [6.07, 6.45) is 2.07. The number of hydrogen-bond acceptors (Lipinski definition) is 4. The van der Waals surface area contributed by atoms with Crippen molar-refractivity contribution in [2.45, 2.75) is 13.8 Å². The van der Waals surface area contributed by atoms with Gasteiger partial charge in [-0.05, 0) is 32.1 Å². The summed E-state index contributed by atoms with van der Waals surface area (Å²) in [5, 5.41) is 5.40. The molecule has 0 atom stereocenters. The average Bonchev–Trinajstić information content (AvgIpc) is 3.14. The standard InChI is InChI=1S/C18H21N3O2S/c1-13-16(14(2)20(3)19-13)11-18-21(9-10-24-18)17(22)12-23-15-7-5-4-6-8-15/h4-8,11H,9-10,12H2,1-3H3/b18-11+. The first kappa shape index (κ1) is 16.6. The highest BCUT2D eigenvalue weighted by Gasteiger charge is 2.25. The highest BCUT2D eigenvalue weighted by atomic mass is 32.2. The van der Waals surface area contributed by atoms with Crippen LogP contribution in [-0.2, 0) is 11.8 Å². The van der Waals surface area contributed by atoms with E-state index in [0.717, 1.165) is 27.7 Å². The van der Waals surface area contributed by atoms with Gasteiger partial charge >= 0.3 is 0 Å². The molecule has 6 heteroatoms. The van der Waals surface area contributed by atoms with E-state index in [-0.39, 0.29) is 12.5 Å². The van der Waals surface area contributed by atoms with Gasteiger partial charge < -0.3 is 9.64 Å². The normalized spacial score (nSPS) is 16.0. The number of amides is 1. The van der Waals surface area contributed by atoms with Gasteiger partial charge in [-0.2, -0.15) is 5.10 Å². The SMILES string of the molecule is Cc1nn(C)c(C)c1/C=C1/SCCN1C(=O)COc1ccccc1. The summed E-state index contributed by atoms with van der Waals surface area (Å²) in [7, 11) is 1.93. The molecule has 0 spiro atoms. The number of ether oxygens (including phenoxy) is 1. The zero-order valence-corrected chi connectivity index (χ0v) is 15.0. The van der Waals surface area contributed by atoms with Gasteiger partial charge in [0.05, 0.1) is 10.7 Å². The first-order valence-electron chi connectivity index (χ1n) is 7.89. The minimum Gasteiger partial charge on any atom is -0.484 e. The number of aromatic nitrogens is 2. The molecule has 0 N–H and O–H groups in total. The molecule has 1 amide bonds. The third-order valence-corrected chi connectivity index (χ3v) is 5.09. The molecule has 1 aliphatic rings. The van der Waals surface area contributed by atoms with Crippen LogP contribution in [0, 0.1) is 13.8 Å². The Hall–Kier alpha value is -2.21. The molecule has 1 aromatic heterocycles. The van der Waals surface area contributed by atoms with Crippen molar-refractivity contribution in [1.29, 1.82) is 0 Å². The fraction of sp³-hybridized carbons (Fsp3) is 0.333. The minimum atomic E-state index is -0.0192. The van der Waals surface area contributed by atoms with Crippen LogP contribution >= 0.6 is 11.8 Å². The quantitative estimate of drug-likeness (QED) is 0.856. The van der Waals surface area contributed by atoms with E-state index in [1.807, 2.05) is 55.9 Å². The smallest absolute Gasteiger partial charge is 0.265 e. The molecule has 126 valence electrons. The van der Waals surface area contributed by atoms with Crippen LogP contribution in [0.25, 0.3) is 6.08 Å². The number of carbonyl (C=O) groups is 1. The summed E-state index contributed by atoms with van der Waals surface area (Å²) in [5.74, 6) is 1.60. The average molecular weight is 343 g/mol. The van der Waals surface area contributed by atoms with Crippen LogP contribution in [0.4, 0.5) is 0 Å². The number of thioether (sulfide) groups is 1. The van der Waals surface area contributed by atoms with Gasteiger partial charge in [-0.1, -0.05) is 18.2 Å². The van der Waals surface area contributed by atoms with Gasteiger partial charge in [0.15, 0.2) is 6.61 Å². The first-order valence-corrected chi connectivity index (χ1v) is 8.87. The molecule has 2 heterocycles. The van der Waals surface area contributed by atoms with Crippen molar-refractivity contribution in [1.82, 2.24) is 14.7 Å². The minimum absolute atomic E-state index is 0.0192. The summed E-state index contributed by atoms with van der Waals surface area (Å²) in [5.41, 5.74) is 3.16. The fourth-order valence-electron chi connectivity index (χ4n) is 2.66. The Morgan fingerprint density at radius 3 is 2.75 bits per heavy atom. The summed E-state index contributed by atoms with van der Waals surface area (Å²) >= 11 is 1.70. The summed E-state index contributed by atoms with van der Waals surface area (Å²) < 4.78 is 7.45. The fourth-order valence-corrected chi connectivity index (χ4v) is 3.69. The number of hydrogen-bond donors (Lipinski definition) is 0. The van der Waals surface area contributed by atoms with Crippen molar-refractivity contribution in [3.63, 3.8) is 0 Å². The second-order valence-corrected chi connectivity index (χ2v) is 6.80. The third kappa shape index (κ3) is 3.48. The lowest BCUT2D eigenvalue weighted by Crippen LogP contribution is -2.31. The molecule has 0 saturated carbocycles. The Bertz CT molecular complexity index is 768. The van der Waals surface area contributed by atoms with Crippen LogP contribution in [-0.4, -0.2) is 39.5 Å². The number of para-hydroxylation sites is 1. The summed E-state index contributed by atoms with van der Waals surface area (Å²) in [6, 6.07) is 9.41. The molecule has 0 bridgehead atoms. The van der Waals surface area contributed by atoms with Gasteiger partial charge in [-0.3, -0.25) is 9.48 Å². The largest absolute Gasteiger partial charge is 0.484 e. The van der Waals surface area contributed by atoms with Crippen molar-refractivity contribution in [2.24, 2.45) is 7.05 Å². The van der Waals surface area contributed by atoms with Gasteiger partial charge in [-0.15, -0.1) is 11.8 Å². The van der Waals surface area contributed by atoms with Crippen molar-refractivity contribution in [2.75, 3.05) is 18.9 Å². The number of carbonyl (C=O) groups excluding carboxylic acids is 1. The van der Waals surface area contributed by atoms with E-state index in [9.17, 15) is 4.79 Å². The van der Waals surface area contributed by atoms with E-state index in [0.29, 0.717) is 12.3 Å². The van der Waals surface area contributed by atoms with Gasteiger partial charge in [0, 0.05) is 30.6 Å². The van der Waals surface area contributed by atoms with Crippen LogP contribution in [0.5, 0.6) is 5.75 Å². The maximum atomic E-state index is 12.5. The molecule has 1 saturated heterocycles. The highest BCUT2D eigenvalue weighted by molar-refractivity contribution is 8.03. The Balaban J connectivity index is 1.73. The molecular weight excluding hydrogens is 322 g/mol. The maximum absolute atomic E-state index is 12.5. The van der Waals surface area contributed by atoms with E-state index in [4.69, 9.17) is 4.74 Å². The van der Waals surface area contributed by atoms with Crippen LogP contribution in [0.1, 0.15) is 17.0 Å². The van der Waals surface area contributed by atoms with Crippen LogP contribution < -0.4 is 4.74 Å². The molecule has 2 aromatic rings. The van der Waals surface area contributed by atoms with Gasteiger partial charge in [0.25, 0.3) is 5.91 Å². The van der Waals surface area contributed by atoms with Crippen molar-refractivity contribution in [3.05, 3.63) is 52.3 Å². The molecule has 0 unspecified atom stereocenters. The molecule has 1 fully saturated rings. The summed E-state index contributed by atoms with van der Waals surface area (Å²) in [6.45, 7) is 4.79. The Labute approximate surface area is 146 Å². The second kappa shape index (κ2) is 7.13. The lowest BCUT2D eigenvalue weighted by Gasteiger charge is -2.17. The van der Waals surface area contributed by atoms with E-state index in [1.165, 1.54) is 0 Å². The molecule has 0 radical (unpaired) electrons.